The maximum atomic E-state index is 10.6. The zero-order valence-corrected chi connectivity index (χ0v) is 10.9. The summed E-state index contributed by atoms with van der Waals surface area (Å²) in [6.45, 7) is 0. The van der Waals surface area contributed by atoms with E-state index in [1.165, 1.54) is 0 Å². The Bertz CT molecular complexity index is 327. The Hall–Kier alpha value is -0.970. The molecule has 0 radical (unpaired) electrons. The van der Waals surface area contributed by atoms with Gasteiger partial charge in [0.05, 0.1) is 26.5 Å². The Balaban J connectivity index is 4.35. The third kappa shape index (κ3) is 7.37. The van der Waals surface area contributed by atoms with Gasteiger partial charge in [-0.05, 0) is 0 Å². The number of carboxylic acid groups (broad SMARTS) is 3. The van der Waals surface area contributed by atoms with Gasteiger partial charge in [0, 0.05) is 0 Å². The van der Waals surface area contributed by atoms with Crippen molar-refractivity contribution >= 4 is 38.6 Å². The number of rotatable bonds is 9. The third-order valence-electron chi connectivity index (χ3n) is 1.70. The largest absolute Gasteiger partial charge is 0.480 e. The van der Waals surface area contributed by atoms with Crippen molar-refractivity contribution in [3.8, 4) is 0 Å². The second-order valence-electron chi connectivity index (χ2n) is 3.32. The van der Waals surface area contributed by atoms with Crippen LogP contribution in [0.15, 0.2) is 0 Å². The van der Waals surface area contributed by atoms with Crippen LogP contribution in [0, 0.1) is 0 Å². The molecular weight excluding hydrogens is 284 g/mol. The molecule has 0 amide bonds. The van der Waals surface area contributed by atoms with Crippen LogP contribution in [0.1, 0.15) is 0 Å². The first-order valence-electron chi connectivity index (χ1n) is 4.73. The second-order valence-corrected chi connectivity index (χ2v) is 7.51. The number of nitrogens with two attached hydrogens (primary N) is 2. The molecule has 1 unspecified atom stereocenters. The van der Waals surface area contributed by atoms with Crippen molar-refractivity contribution in [3.63, 3.8) is 0 Å². The molecule has 0 bridgehead atoms. The fraction of sp³-hybridized carbons (Fsp3) is 0.625. The normalized spacial score (nSPS) is 15.7. The van der Waals surface area contributed by atoms with Crippen LogP contribution in [0.3, 0.4) is 0 Å². The van der Waals surface area contributed by atoms with Crippen molar-refractivity contribution in [3.05, 3.63) is 0 Å². The maximum Gasteiger partial charge on any atom is 0.354 e. The summed E-state index contributed by atoms with van der Waals surface area (Å²) in [5.74, 6) is -3.79. The summed E-state index contributed by atoms with van der Waals surface area (Å²) < 4.78 is 0. The predicted octanol–water partition coefficient (Wildman–Crippen LogP) is -1.84. The van der Waals surface area contributed by atoms with Gasteiger partial charge in [-0.1, -0.05) is 0 Å². The minimum absolute atomic E-state index is 0.0120. The van der Waals surface area contributed by atoms with Crippen LogP contribution in [0.2, 0.25) is 0 Å². The van der Waals surface area contributed by atoms with Gasteiger partial charge >= 0.3 is 17.9 Å². The molecule has 0 fully saturated rings. The summed E-state index contributed by atoms with van der Waals surface area (Å²) in [5.41, 5.74) is 10.6. The minimum atomic E-state index is -1.22. The Labute approximate surface area is 109 Å². The van der Waals surface area contributed by atoms with E-state index in [4.69, 9.17) is 26.8 Å². The van der Waals surface area contributed by atoms with E-state index in [2.05, 4.69) is 0 Å². The zero-order chi connectivity index (χ0) is 14.3. The van der Waals surface area contributed by atoms with Gasteiger partial charge in [-0.25, -0.2) is 4.79 Å². The molecule has 0 aliphatic carbocycles. The Morgan fingerprint density at radius 1 is 1.06 bits per heavy atom. The highest BCUT2D eigenvalue weighted by molar-refractivity contribution is 8.74. The van der Waals surface area contributed by atoms with Gasteiger partial charge in [0.2, 0.25) is 5.75 Å². The molecule has 3 atom stereocenters. The van der Waals surface area contributed by atoms with E-state index in [1.807, 2.05) is 0 Å². The minimum Gasteiger partial charge on any atom is -0.480 e. The van der Waals surface area contributed by atoms with Crippen molar-refractivity contribution in [2.24, 2.45) is 11.5 Å². The first-order chi connectivity index (χ1) is 8.23. The molecule has 0 aliphatic rings. The molecule has 8 nitrogen and oxygen atoms in total. The van der Waals surface area contributed by atoms with E-state index in [1.54, 1.807) is 0 Å². The molecule has 0 aliphatic heterocycles. The van der Waals surface area contributed by atoms with E-state index in [0.717, 1.165) is 10.8 Å². The van der Waals surface area contributed by atoms with E-state index in [0.29, 0.717) is 0 Å². The number of carboxylic acids is 3. The van der Waals surface area contributed by atoms with Gasteiger partial charge in [0.15, 0.2) is 0 Å². The molecule has 0 aromatic heterocycles. The summed E-state index contributed by atoms with van der Waals surface area (Å²) >= 11 is 0. The summed E-state index contributed by atoms with van der Waals surface area (Å²) in [6, 6.07) is -2.28. The second kappa shape index (κ2) is 8.19. The van der Waals surface area contributed by atoms with Crippen LogP contribution >= 0.6 is 10.8 Å². The maximum absolute atomic E-state index is 10.6. The molecule has 0 rings (SSSR count). The highest BCUT2D eigenvalue weighted by atomic mass is 33.1. The molecule has 0 heterocycles. The topological polar surface area (TPSA) is 164 Å². The summed E-state index contributed by atoms with van der Waals surface area (Å²) in [7, 11) is 0.155. The molecule has 10 heteroatoms. The number of hydrogen-bond donors (Lipinski definition) is 5. The fourth-order valence-corrected chi connectivity index (χ4v) is 4.69. The van der Waals surface area contributed by atoms with E-state index in [9.17, 15) is 14.4 Å². The molecule has 0 saturated heterocycles. The van der Waals surface area contributed by atoms with Gasteiger partial charge in [-0.2, -0.15) is 0 Å². The molecule has 104 valence electrons. The molecule has 0 saturated carbocycles. The van der Waals surface area contributed by atoms with Gasteiger partial charge in [-0.3, -0.25) is 9.59 Å². The molecule has 7 N–H and O–H groups in total. The van der Waals surface area contributed by atoms with Crippen molar-refractivity contribution in [1.82, 2.24) is 0 Å². The average Bonchev–Trinajstić information content (AvgIpc) is 2.24. The first-order valence-corrected chi connectivity index (χ1v) is 7.80. The number of aliphatic carboxylic acids is 3. The third-order valence-corrected chi connectivity index (χ3v) is 6.00. The smallest absolute Gasteiger partial charge is 0.354 e. The Morgan fingerprint density at radius 3 is 1.94 bits per heavy atom. The van der Waals surface area contributed by atoms with Crippen LogP contribution in [0.4, 0.5) is 0 Å². The standard InChI is InChI=1S/C8H14N2O6S2/c9-4(7(13)14)1-17-18(3-6(11)12)2-5(10)8(15)16/h4-5H,1-3,9-10H2,(H2-,11,12,13,14,15,16)/p+1/t4-,5-,18?/m0/s1. The highest BCUT2D eigenvalue weighted by Crippen LogP contribution is 2.18. The van der Waals surface area contributed by atoms with Crippen LogP contribution in [-0.4, -0.2) is 62.6 Å². The molecule has 0 spiro atoms. The Morgan fingerprint density at radius 2 is 1.56 bits per heavy atom. The lowest BCUT2D eigenvalue weighted by molar-refractivity contribution is -0.138. The van der Waals surface area contributed by atoms with Crippen molar-refractivity contribution < 1.29 is 29.7 Å². The molecule has 0 aromatic carbocycles. The van der Waals surface area contributed by atoms with Gasteiger partial charge in [0.1, 0.15) is 17.8 Å². The van der Waals surface area contributed by atoms with Crippen LogP contribution in [0.25, 0.3) is 0 Å². The van der Waals surface area contributed by atoms with Crippen molar-refractivity contribution in [1.29, 1.82) is 0 Å². The SMILES string of the molecule is N[C@@H](CS[S+](CC(=O)O)C[C@H](N)C(=O)O)C(=O)O. The predicted molar refractivity (Wildman–Crippen MR) is 68.4 cm³/mol. The zero-order valence-electron chi connectivity index (χ0n) is 9.31. The van der Waals surface area contributed by atoms with Crippen molar-refractivity contribution in [2.75, 3.05) is 17.3 Å². The molecular formula is C8H15N2O6S2+. The van der Waals surface area contributed by atoms with Gasteiger partial charge < -0.3 is 26.8 Å². The molecule has 0 aromatic rings. The Kier molecular flexibility index (Phi) is 7.75. The van der Waals surface area contributed by atoms with Crippen LogP contribution in [-0.2, 0) is 24.3 Å². The average molecular weight is 299 g/mol. The lowest BCUT2D eigenvalue weighted by Gasteiger charge is -2.09. The van der Waals surface area contributed by atoms with E-state index in [-0.39, 0.29) is 17.3 Å². The number of hydrogen-bond acceptors (Lipinski definition) is 6. The monoisotopic (exact) mass is 299 g/mol. The van der Waals surface area contributed by atoms with Gasteiger partial charge in [0.25, 0.3) is 0 Å². The molecule has 18 heavy (non-hydrogen) atoms. The first kappa shape index (κ1) is 17.0. The number of carbonyl (C=O) groups is 3. The van der Waals surface area contributed by atoms with E-state index >= 15 is 0 Å². The fourth-order valence-electron chi connectivity index (χ4n) is 0.799. The van der Waals surface area contributed by atoms with Crippen molar-refractivity contribution in [2.45, 2.75) is 12.1 Å². The summed E-state index contributed by atoms with van der Waals surface area (Å²) in [6.07, 6.45) is 0. The van der Waals surface area contributed by atoms with Crippen LogP contribution < -0.4 is 11.5 Å². The summed E-state index contributed by atoms with van der Waals surface area (Å²) in [5, 5.41) is 25.9. The van der Waals surface area contributed by atoms with Gasteiger partial charge in [-0.15, -0.1) is 0 Å². The lowest BCUT2D eigenvalue weighted by Crippen LogP contribution is -2.39. The van der Waals surface area contributed by atoms with E-state index < -0.39 is 39.9 Å². The lowest BCUT2D eigenvalue weighted by atomic mass is 10.4. The summed E-state index contributed by atoms with van der Waals surface area (Å²) in [4.78, 5) is 31.7. The van der Waals surface area contributed by atoms with Crippen LogP contribution in [0.5, 0.6) is 0 Å². The highest BCUT2D eigenvalue weighted by Gasteiger charge is 2.31. The quantitative estimate of drug-likeness (QED) is 0.243.